The first-order chi connectivity index (χ1) is 7.90. The summed E-state index contributed by atoms with van der Waals surface area (Å²) in [6, 6.07) is 5.98. The Kier molecular flexibility index (Phi) is 2.34. The molecule has 5 heteroatoms. The molecular formula is C11H15N5. The lowest BCUT2D eigenvalue weighted by Gasteiger charge is -2.09. The van der Waals surface area contributed by atoms with Crippen molar-refractivity contribution < 1.29 is 0 Å². The predicted molar refractivity (Wildman–Crippen MR) is 61.1 cm³/mol. The maximum absolute atomic E-state index is 5.75. The number of nitrogens with one attached hydrogen (secondary N) is 1. The summed E-state index contributed by atoms with van der Waals surface area (Å²) in [5.41, 5.74) is 7.72. The molecule has 16 heavy (non-hydrogen) atoms. The van der Waals surface area contributed by atoms with Crippen LogP contribution in [0.4, 0.5) is 0 Å². The second kappa shape index (κ2) is 3.84. The van der Waals surface area contributed by atoms with Gasteiger partial charge in [0, 0.05) is 24.7 Å². The van der Waals surface area contributed by atoms with Gasteiger partial charge in [0.15, 0.2) is 5.65 Å². The van der Waals surface area contributed by atoms with Gasteiger partial charge in [-0.15, -0.1) is 10.2 Å². The van der Waals surface area contributed by atoms with Crippen LogP contribution in [0.2, 0.25) is 0 Å². The van der Waals surface area contributed by atoms with Crippen LogP contribution in [-0.4, -0.2) is 27.7 Å². The van der Waals surface area contributed by atoms with Crippen molar-refractivity contribution in [2.75, 3.05) is 13.1 Å². The first kappa shape index (κ1) is 9.74. The van der Waals surface area contributed by atoms with Crippen molar-refractivity contribution in [3.63, 3.8) is 0 Å². The molecule has 0 aromatic carbocycles. The first-order valence-corrected chi connectivity index (χ1v) is 5.64. The molecule has 1 saturated heterocycles. The SMILES string of the molecule is NCc1cccc2nnc(C3CCNC3)n12. The van der Waals surface area contributed by atoms with Crippen LogP contribution in [0.3, 0.4) is 0 Å². The first-order valence-electron chi connectivity index (χ1n) is 5.64. The maximum Gasteiger partial charge on any atom is 0.161 e. The number of aromatic nitrogens is 3. The summed E-state index contributed by atoms with van der Waals surface area (Å²) in [6.07, 6.45) is 1.12. The Morgan fingerprint density at radius 3 is 3.12 bits per heavy atom. The highest BCUT2D eigenvalue weighted by atomic mass is 15.3. The summed E-state index contributed by atoms with van der Waals surface area (Å²) in [6.45, 7) is 2.56. The Morgan fingerprint density at radius 1 is 1.44 bits per heavy atom. The smallest absolute Gasteiger partial charge is 0.161 e. The number of fused-ring (bicyclic) bond motifs is 1. The molecule has 1 unspecified atom stereocenters. The minimum absolute atomic E-state index is 0.461. The van der Waals surface area contributed by atoms with Crippen molar-refractivity contribution in [3.8, 4) is 0 Å². The monoisotopic (exact) mass is 217 g/mol. The van der Waals surface area contributed by atoms with Crippen LogP contribution < -0.4 is 11.1 Å². The standard InChI is InChI=1S/C11H15N5/c12-6-9-2-1-3-10-14-15-11(16(9)10)8-4-5-13-7-8/h1-3,8,13H,4-7,12H2. The highest BCUT2D eigenvalue weighted by molar-refractivity contribution is 5.40. The Balaban J connectivity index is 2.16. The fourth-order valence-corrected chi connectivity index (χ4v) is 2.33. The molecule has 0 bridgehead atoms. The molecule has 1 fully saturated rings. The van der Waals surface area contributed by atoms with Gasteiger partial charge in [-0.2, -0.15) is 0 Å². The van der Waals surface area contributed by atoms with Gasteiger partial charge in [0.25, 0.3) is 0 Å². The third-order valence-corrected chi connectivity index (χ3v) is 3.17. The zero-order chi connectivity index (χ0) is 11.0. The lowest BCUT2D eigenvalue weighted by atomic mass is 10.1. The van der Waals surface area contributed by atoms with Gasteiger partial charge in [-0.05, 0) is 25.1 Å². The topological polar surface area (TPSA) is 68.2 Å². The fraction of sp³-hybridized carbons (Fsp3) is 0.455. The fourth-order valence-electron chi connectivity index (χ4n) is 2.33. The average molecular weight is 217 g/mol. The van der Waals surface area contributed by atoms with E-state index in [9.17, 15) is 0 Å². The molecule has 3 rings (SSSR count). The van der Waals surface area contributed by atoms with E-state index in [0.717, 1.165) is 36.7 Å². The number of nitrogens with zero attached hydrogens (tertiary/aromatic N) is 3. The summed E-state index contributed by atoms with van der Waals surface area (Å²) in [5.74, 6) is 1.50. The van der Waals surface area contributed by atoms with Crippen molar-refractivity contribution in [1.82, 2.24) is 19.9 Å². The molecule has 0 radical (unpaired) electrons. The molecule has 1 atom stereocenters. The lowest BCUT2D eigenvalue weighted by Crippen LogP contribution is -2.12. The number of hydrogen-bond donors (Lipinski definition) is 2. The molecule has 2 aromatic heterocycles. The molecule has 3 N–H and O–H groups in total. The van der Waals surface area contributed by atoms with Crippen LogP contribution in [0.15, 0.2) is 18.2 Å². The van der Waals surface area contributed by atoms with E-state index in [1.165, 1.54) is 0 Å². The van der Waals surface area contributed by atoms with Crippen LogP contribution in [0.1, 0.15) is 23.9 Å². The van der Waals surface area contributed by atoms with E-state index in [1.807, 2.05) is 18.2 Å². The Labute approximate surface area is 93.7 Å². The van der Waals surface area contributed by atoms with Crippen LogP contribution in [0.5, 0.6) is 0 Å². The van der Waals surface area contributed by atoms with Crippen molar-refractivity contribution in [3.05, 3.63) is 29.7 Å². The lowest BCUT2D eigenvalue weighted by molar-refractivity contribution is 0.682. The summed E-state index contributed by atoms with van der Waals surface area (Å²) in [4.78, 5) is 0. The van der Waals surface area contributed by atoms with Gasteiger partial charge >= 0.3 is 0 Å². The van der Waals surface area contributed by atoms with E-state index in [1.54, 1.807) is 0 Å². The third-order valence-electron chi connectivity index (χ3n) is 3.17. The van der Waals surface area contributed by atoms with E-state index in [0.29, 0.717) is 12.5 Å². The molecule has 5 nitrogen and oxygen atoms in total. The number of rotatable bonds is 2. The van der Waals surface area contributed by atoms with Gasteiger partial charge in [0.1, 0.15) is 5.82 Å². The van der Waals surface area contributed by atoms with E-state index < -0.39 is 0 Å². The number of hydrogen-bond acceptors (Lipinski definition) is 4. The summed E-state index contributed by atoms with van der Waals surface area (Å²) < 4.78 is 2.09. The molecule has 0 spiro atoms. The van der Waals surface area contributed by atoms with Crippen molar-refractivity contribution in [1.29, 1.82) is 0 Å². The van der Waals surface area contributed by atoms with Crippen LogP contribution in [0, 0.1) is 0 Å². The maximum atomic E-state index is 5.75. The Bertz CT molecular complexity index is 498. The van der Waals surface area contributed by atoms with Crippen LogP contribution >= 0.6 is 0 Å². The van der Waals surface area contributed by atoms with E-state index in [2.05, 4.69) is 19.9 Å². The normalized spacial score (nSPS) is 20.7. The van der Waals surface area contributed by atoms with Crippen molar-refractivity contribution in [2.24, 2.45) is 5.73 Å². The summed E-state index contributed by atoms with van der Waals surface area (Å²) in [7, 11) is 0. The average Bonchev–Trinajstić information content (AvgIpc) is 2.96. The molecule has 1 aliphatic heterocycles. The van der Waals surface area contributed by atoms with E-state index in [4.69, 9.17) is 5.73 Å². The number of pyridine rings is 1. The quantitative estimate of drug-likeness (QED) is 0.757. The van der Waals surface area contributed by atoms with E-state index in [-0.39, 0.29) is 0 Å². The van der Waals surface area contributed by atoms with Gasteiger partial charge in [0.05, 0.1) is 0 Å². The second-order valence-electron chi connectivity index (χ2n) is 4.16. The van der Waals surface area contributed by atoms with E-state index >= 15 is 0 Å². The molecule has 84 valence electrons. The van der Waals surface area contributed by atoms with Crippen LogP contribution in [0.25, 0.3) is 5.65 Å². The zero-order valence-electron chi connectivity index (χ0n) is 9.06. The highest BCUT2D eigenvalue weighted by Crippen LogP contribution is 2.22. The molecule has 0 saturated carbocycles. The van der Waals surface area contributed by atoms with Crippen molar-refractivity contribution in [2.45, 2.75) is 18.9 Å². The van der Waals surface area contributed by atoms with Gasteiger partial charge in [-0.25, -0.2) is 0 Å². The van der Waals surface area contributed by atoms with Gasteiger partial charge in [-0.3, -0.25) is 4.40 Å². The Morgan fingerprint density at radius 2 is 2.38 bits per heavy atom. The second-order valence-corrected chi connectivity index (χ2v) is 4.16. The predicted octanol–water partition coefficient (Wildman–Crippen LogP) is 0.265. The van der Waals surface area contributed by atoms with Gasteiger partial charge in [0.2, 0.25) is 0 Å². The van der Waals surface area contributed by atoms with Crippen molar-refractivity contribution >= 4 is 5.65 Å². The molecule has 1 aliphatic rings. The highest BCUT2D eigenvalue weighted by Gasteiger charge is 2.22. The van der Waals surface area contributed by atoms with Gasteiger partial charge in [-0.1, -0.05) is 6.07 Å². The molecule has 0 amide bonds. The zero-order valence-corrected chi connectivity index (χ0v) is 9.06. The molecular weight excluding hydrogens is 202 g/mol. The van der Waals surface area contributed by atoms with Gasteiger partial charge < -0.3 is 11.1 Å². The minimum atomic E-state index is 0.461. The molecule has 3 heterocycles. The molecule has 2 aromatic rings. The minimum Gasteiger partial charge on any atom is -0.325 e. The molecule has 0 aliphatic carbocycles. The number of nitrogens with two attached hydrogens (primary N) is 1. The third kappa shape index (κ3) is 1.40. The summed E-state index contributed by atoms with van der Waals surface area (Å²) >= 11 is 0. The largest absolute Gasteiger partial charge is 0.325 e. The Hall–Kier alpha value is -1.46. The van der Waals surface area contributed by atoms with Crippen LogP contribution in [-0.2, 0) is 6.54 Å². The summed E-state index contributed by atoms with van der Waals surface area (Å²) in [5, 5.41) is 11.9.